The molecule has 28 heavy (non-hydrogen) atoms. The lowest BCUT2D eigenvalue weighted by molar-refractivity contribution is -0.384. The first-order valence-electron chi connectivity index (χ1n) is 7.95. The van der Waals surface area contributed by atoms with Gasteiger partial charge in [-0.25, -0.2) is 9.59 Å². The summed E-state index contributed by atoms with van der Waals surface area (Å²) in [5, 5.41) is 31.3. The summed E-state index contributed by atoms with van der Waals surface area (Å²) >= 11 is 0. The summed E-state index contributed by atoms with van der Waals surface area (Å²) < 4.78 is 0. The van der Waals surface area contributed by atoms with Gasteiger partial charge in [0.25, 0.3) is 11.4 Å². The van der Waals surface area contributed by atoms with Gasteiger partial charge in [-0.1, -0.05) is 24.3 Å². The summed E-state index contributed by atoms with van der Waals surface area (Å²) in [6.07, 6.45) is 0. The van der Waals surface area contributed by atoms with Crippen LogP contribution in [0.3, 0.4) is 0 Å². The second kappa shape index (κ2) is 9.47. The van der Waals surface area contributed by atoms with E-state index in [4.69, 9.17) is 0 Å². The Morgan fingerprint density at radius 3 is 1.43 bits per heavy atom. The number of rotatable bonds is 7. The zero-order valence-corrected chi connectivity index (χ0v) is 14.4. The van der Waals surface area contributed by atoms with Crippen LogP contribution in [-0.4, -0.2) is 35.0 Å². The predicted octanol–water partition coefficient (Wildman–Crippen LogP) is 2.45. The van der Waals surface area contributed by atoms with E-state index in [0.717, 1.165) is 0 Å². The van der Waals surface area contributed by atoms with Crippen LogP contribution in [0.5, 0.6) is 0 Å². The molecule has 0 heterocycles. The standard InChI is InChI=1S/C16H16N6O6/c23-15(19-11-5-1-3-7-13(11)21(25)26)17-9-10-18-16(24)20-12-6-2-4-8-14(12)22(27)28/h1-8H,9-10H2,(H2,17,19,23)(H2,18,20,24). The van der Waals surface area contributed by atoms with E-state index in [9.17, 15) is 29.8 Å². The lowest BCUT2D eigenvalue weighted by atomic mass is 10.3. The zero-order valence-electron chi connectivity index (χ0n) is 14.4. The van der Waals surface area contributed by atoms with Crippen molar-refractivity contribution in [2.24, 2.45) is 0 Å². The molecule has 2 rings (SSSR count). The van der Waals surface area contributed by atoms with Crippen LogP contribution in [0.1, 0.15) is 0 Å². The third-order valence-electron chi connectivity index (χ3n) is 3.39. The molecule has 0 fully saturated rings. The van der Waals surface area contributed by atoms with Crippen molar-refractivity contribution in [1.82, 2.24) is 10.6 Å². The minimum Gasteiger partial charge on any atom is -0.336 e. The highest BCUT2D eigenvalue weighted by molar-refractivity contribution is 5.92. The van der Waals surface area contributed by atoms with Crippen molar-refractivity contribution < 1.29 is 19.4 Å². The molecule has 0 bridgehead atoms. The third kappa shape index (κ3) is 5.66. The van der Waals surface area contributed by atoms with Crippen molar-refractivity contribution in [1.29, 1.82) is 0 Å². The fraction of sp³-hybridized carbons (Fsp3) is 0.125. The number of urea groups is 2. The molecule has 0 aromatic heterocycles. The van der Waals surface area contributed by atoms with E-state index in [1.807, 2.05) is 0 Å². The molecule has 2 aromatic carbocycles. The van der Waals surface area contributed by atoms with Crippen molar-refractivity contribution in [3.8, 4) is 0 Å². The number of amides is 4. The van der Waals surface area contributed by atoms with E-state index < -0.39 is 21.9 Å². The topological polar surface area (TPSA) is 169 Å². The second-order valence-electron chi connectivity index (χ2n) is 5.31. The molecule has 0 aliphatic heterocycles. The summed E-state index contributed by atoms with van der Waals surface area (Å²) in [4.78, 5) is 44.1. The number of nitro groups is 2. The molecule has 146 valence electrons. The lowest BCUT2D eigenvalue weighted by Gasteiger charge is -2.10. The number of benzene rings is 2. The zero-order chi connectivity index (χ0) is 20.5. The smallest absolute Gasteiger partial charge is 0.319 e. The van der Waals surface area contributed by atoms with Crippen LogP contribution < -0.4 is 21.3 Å². The maximum absolute atomic E-state index is 11.8. The number of carbonyl (C=O) groups excluding carboxylic acids is 2. The number of nitro benzene ring substituents is 2. The van der Waals surface area contributed by atoms with Gasteiger partial charge in [0, 0.05) is 25.2 Å². The summed E-state index contributed by atoms with van der Waals surface area (Å²) in [7, 11) is 0. The molecular formula is C16H16N6O6. The number of hydrogen-bond acceptors (Lipinski definition) is 6. The van der Waals surface area contributed by atoms with Crippen LogP contribution in [0, 0.1) is 20.2 Å². The summed E-state index contributed by atoms with van der Waals surface area (Å²) in [6.45, 7) is 0.0491. The Morgan fingerprint density at radius 2 is 1.07 bits per heavy atom. The number of anilines is 2. The van der Waals surface area contributed by atoms with E-state index in [0.29, 0.717) is 0 Å². The van der Waals surface area contributed by atoms with Crippen LogP contribution in [0.15, 0.2) is 48.5 Å². The fourth-order valence-electron chi connectivity index (χ4n) is 2.16. The van der Waals surface area contributed by atoms with Gasteiger partial charge < -0.3 is 21.3 Å². The Hall–Kier alpha value is -4.22. The molecular weight excluding hydrogens is 372 g/mol. The average molecular weight is 388 g/mol. The van der Waals surface area contributed by atoms with Crippen molar-refractivity contribution in [2.45, 2.75) is 0 Å². The Bertz CT molecular complexity index is 829. The van der Waals surface area contributed by atoms with Crippen LogP contribution >= 0.6 is 0 Å². The van der Waals surface area contributed by atoms with Gasteiger partial charge >= 0.3 is 12.1 Å². The fourth-order valence-corrected chi connectivity index (χ4v) is 2.16. The van der Waals surface area contributed by atoms with Crippen molar-refractivity contribution in [3.05, 3.63) is 68.8 Å². The van der Waals surface area contributed by atoms with Crippen molar-refractivity contribution in [2.75, 3.05) is 23.7 Å². The minimum absolute atomic E-state index is 0.0246. The minimum atomic E-state index is -0.685. The Kier molecular flexibility index (Phi) is 6.80. The van der Waals surface area contributed by atoms with Gasteiger partial charge in [0.15, 0.2) is 0 Å². The molecule has 0 saturated heterocycles. The van der Waals surface area contributed by atoms with E-state index in [1.165, 1.54) is 48.5 Å². The Balaban J connectivity index is 1.77. The number of para-hydroxylation sites is 4. The van der Waals surface area contributed by atoms with Crippen molar-refractivity contribution in [3.63, 3.8) is 0 Å². The highest BCUT2D eigenvalue weighted by Gasteiger charge is 2.15. The van der Waals surface area contributed by atoms with Crippen LogP contribution in [0.25, 0.3) is 0 Å². The Morgan fingerprint density at radius 1 is 0.714 bits per heavy atom. The largest absolute Gasteiger partial charge is 0.336 e. The molecule has 0 spiro atoms. The molecule has 0 unspecified atom stereocenters. The first kappa shape index (κ1) is 20.1. The van der Waals surface area contributed by atoms with E-state index in [1.54, 1.807) is 0 Å². The van der Waals surface area contributed by atoms with Gasteiger partial charge in [-0.3, -0.25) is 20.2 Å². The SMILES string of the molecule is O=C(NCCNC(=O)Nc1ccccc1[N+](=O)[O-])Nc1ccccc1[N+](=O)[O-]. The van der Waals surface area contributed by atoms with Crippen LogP contribution in [0.2, 0.25) is 0 Å². The molecule has 4 N–H and O–H groups in total. The first-order chi connectivity index (χ1) is 13.4. The molecule has 0 radical (unpaired) electrons. The van der Waals surface area contributed by atoms with Crippen LogP contribution in [0.4, 0.5) is 32.3 Å². The molecule has 4 amide bonds. The summed E-state index contributed by atoms with van der Waals surface area (Å²) in [5.74, 6) is 0. The van der Waals surface area contributed by atoms with E-state index in [2.05, 4.69) is 21.3 Å². The molecule has 0 atom stereocenters. The molecule has 12 nitrogen and oxygen atoms in total. The third-order valence-corrected chi connectivity index (χ3v) is 3.39. The number of carbonyl (C=O) groups is 2. The van der Waals surface area contributed by atoms with Gasteiger partial charge in [-0.15, -0.1) is 0 Å². The maximum atomic E-state index is 11.8. The maximum Gasteiger partial charge on any atom is 0.319 e. The normalized spacial score (nSPS) is 9.86. The predicted molar refractivity (Wildman–Crippen MR) is 100 cm³/mol. The highest BCUT2D eigenvalue weighted by Crippen LogP contribution is 2.23. The lowest BCUT2D eigenvalue weighted by Crippen LogP contribution is -2.38. The molecule has 0 aliphatic rings. The van der Waals surface area contributed by atoms with Crippen LogP contribution in [-0.2, 0) is 0 Å². The van der Waals surface area contributed by atoms with E-state index in [-0.39, 0.29) is 35.8 Å². The molecule has 12 heteroatoms. The van der Waals surface area contributed by atoms with Gasteiger partial charge in [0.05, 0.1) is 9.85 Å². The molecule has 0 aliphatic carbocycles. The molecule has 2 aromatic rings. The second-order valence-corrected chi connectivity index (χ2v) is 5.31. The van der Waals surface area contributed by atoms with Crippen molar-refractivity contribution >= 4 is 34.8 Å². The van der Waals surface area contributed by atoms with Gasteiger partial charge in [0.1, 0.15) is 11.4 Å². The first-order valence-corrected chi connectivity index (χ1v) is 7.95. The van der Waals surface area contributed by atoms with Gasteiger partial charge in [-0.05, 0) is 12.1 Å². The Labute approximate surface area is 158 Å². The van der Waals surface area contributed by atoms with E-state index >= 15 is 0 Å². The summed E-state index contributed by atoms with van der Waals surface area (Å²) in [6, 6.07) is 9.93. The van der Waals surface area contributed by atoms with Gasteiger partial charge in [-0.2, -0.15) is 0 Å². The van der Waals surface area contributed by atoms with Gasteiger partial charge in [0.2, 0.25) is 0 Å². The number of hydrogen-bond donors (Lipinski definition) is 4. The quantitative estimate of drug-likeness (QED) is 0.322. The molecule has 0 saturated carbocycles. The number of nitrogens with one attached hydrogen (secondary N) is 4. The average Bonchev–Trinajstić information content (AvgIpc) is 2.65. The number of nitrogens with zero attached hydrogens (tertiary/aromatic N) is 2. The highest BCUT2D eigenvalue weighted by atomic mass is 16.6. The monoisotopic (exact) mass is 388 g/mol. The summed E-state index contributed by atoms with van der Waals surface area (Å²) in [5.41, 5.74) is -0.432.